The van der Waals surface area contributed by atoms with Crippen LogP contribution in [-0.2, 0) is 6.18 Å². The molecule has 0 fully saturated rings. The van der Waals surface area contributed by atoms with Crippen molar-refractivity contribution in [2.24, 2.45) is 0 Å². The molecule has 0 aliphatic carbocycles. The third-order valence-electron chi connectivity index (χ3n) is 2.96. The molecule has 0 aliphatic rings. The Bertz CT molecular complexity index is 360. The van der Waals surface area contributed by atoms with E-state index in [2.05, 4.69) is 12.2 Å². The summed E-state index contributed by atoms with van der Waals surface area (Å²) in [7, 11) is 0. The fourth-order valence-electron chi connectivity index (χ4n) is 1.81. The van der Waals surface area contributed by atoms with Crippen LogP contribution in [0.2, 0.25) is 0 Å². The predicted molar refractivity (Wildman–Crippen MR) is 67.6 cm³/mol. The third-order valence-corrected chi connectivity index (χ3v) is 2.96. The molecule has 0 spiro atoms. The Labute approximate surface area is 106 Å². The molecule has 1 aromatic carbocycles. The maximum atomic E-state index is 12.6. The molecule has 1 nitrogen and oxygen atoms in total. The van der Waals surface area contributed by atoms with Gasteiger partial charge in [-0.05, 0) is 43.5 Å². The van der Waals surface area contributed by atoms with Crippen molar-refractivity contribution in [2.45, 2.75) is 38.8 Å². The molecule has 1 atom stereocenters. The molecule has 0 saturated heterocycles. The highest BCUT2D eigenvalue weighted by atomic mass is 19.4. The highest BCUT2D eigenvalue weighted by molar-refractivity contribution is 5.27. The molecule has 0 radical (unpaired) electrons. The van der Waals surface area contributed by atoms with E-state index in [9.17, 15) is 13.2 Å². The fourth-order valence-corrected chi connectivity index (χ4v) is 1.81. The molecule has 4 heteroatoms. The van der Waals surface area contributed by atoms with Gasteiger partial charge >= 0.3 is 6.18 Å². The van der Waals surface area contributed by atoms with Gasteiger partial charge in [0.25, 0.3) is 0 Å². The number of alkyl halides is 3. The minimum absolute atomic E-state index is 0.136. The standard InChI is InChI=1S/C14H20F3N/c1-3-8-18-9-7-11(2)12-5-4-6-13(10-12)14(15,16)17/h4-6,10-11,18H,3,7-9H2,1-2H3. The number of halogens is 3. The second-order valence-corrected chi connectivity index (χ2v) is 4.56. The quantitative estimate of drug-likeness (QED) is 0.755. The Balaban J connectivity index is 2.60. The van der Waals surface area contributed by atoms with E-state index in [-0.39, 0.29) is 5.92 Å². The Hall–Kier alpha value is -1.03. The van der Waals surface area contributed by atoms with Crippen LogP contribution in [0.15, 0.2) is 24.3 Å². The van der Waals surface area contributed by atoms with E-state index in [0.29, 0.717) is 0 Å². The summed E-state index contributed by atoms with van der Waals surface area (Å²) in [6.45, 7) is 5.84. The summed E-state index contributed by atoms with van der Waals surface area (Å²) in [6, 6.07) is 5.61. The zero-order valence-electron chi connectivity index (χ0n) is 10.8. The first kappa shape index (κ1) is 15.0. The van der Waals surface area contributed by atoms with Crippen LogP contribution in [-0.4, -0.2) is 13.1 Å². The van der Waals surface area contributed by atoms with Gasteiger partial charge < -0.3 is 5.32 Å². The Kier molecular flexibility index (Phi) is 5.66. The number of hydrogen-bond acceptors (Lipinski definition) is 1. The van der Waals surface area contributed by atoms with Crippen LogP contribution in [0.5, 0.6) is 0 Å². The Morgan fingerprint density at radius 3 is 2.56 bits per heavy atom. The van der Waals surface area contributed by atoms with Gasteiger partial charge in [0.2, 0.25) is 0 Å². The van der Waals surface area contributed by atoms with E-state index in [4.69, 9.17) is 0 Å². The van der Waals surface area contributed by atoms with Crippen LogP contribution in [0.4, 0.5) is 13.2 Å². The molecule has 18 heavy (non-hydrogen) atoms. The molecule has 0 aromatic heterocycles. The molecular formula is C14H20F3N. The minimum atomic E-state index is -4.25. The zero-order chi connectivity index (χ0) is 13.6. The van der Waals surface area contributed by atoms with Crippen molar-refractivity contribution >= 4 is 0 Å². The minimum Gasteiger partial charge on any atom is -0.317 e. The molecule has 1 unspecified atom stereocenters. The highest BCUT2D eigenvalue weighted by Crippen LogP contribution is 2.31. The largest absolute Gasteiger partial charge is 0.416 e. The van der Waals surface area contributed by atoms with Crippen molar-refractivity contribution in [1.82, 2.24) is 5.32 Å². The Morgan fingerprint density at radius 2 is 1.94 bits per heavy atom. The third kappa shape index (κ3) is 4.69. The van der Waals surface area contributed by atoms with Crippen molar-refractivity contribution in [3.8, 4) is 0 Å². The highest BCUT2D eigenvalue weighted by Gasteiger charge is 2.30. The van der Waals surface area contributed by atoms with E-state index in [1.807, 2.05) is 6.92 Å². The van der Waals surface area contributed by atoms with Gasteiger partial charge in [0, 0.05) is 0 Å². The van der Waals surface area contributed by atoms with Crippen LogP contribution in [0.1, 0.15) is 43.7 Å². The molecule has 0 aliphatic heterocycles. The molecule has 0 saturated carbocycles. The van der Waals surface area contributed by atoms with Crippen LogP contribution in [0.25, 0.3) is 0 Å². The summed E-state index contributed by atoms with van der Waals surface area (Å²) in [4.78, 5) is 0. The lowest BCUT2D eigenvalue weighted by Gasteiger charge is -2.14. The summed E-state index contributed by atoms with van der Waals surface area (Å²) in [5, 5.41) is 3.26. The predicted octanol–water partition coefficient (Wildman–Crippen LogP) is 4.20. The van der Waals surface area contributed by atoms with E-state index < -0.39 is 11.7 Å². The van der Waals surface area contributed by atoms with E-state index in [1.165, 1.54) is 12.1 Å². The number of rotatable bonds is 6. The van der Waals surface area contributed by atoms with Gasteiger partial charge in [-0.1, -0.05) is 32.0 Å². The van der Waals surface area contributed by atoms with Crippen molar-refractivity contribution in [3.05, 3.63) is 35.4 Å². The van der Waals surface area contributed by atoms with Crippen molar-refractivity contribution in [2.75, 3.05) is 13.1 Å². The fraction of sp³-hybridized carbons (Fsp3) is 0.571. The monoisotopic (exact) mass is 259 g/mol. The van der Waals surface area contributed by atoms with Crippen LogP contribution >= 0.6 is 0 Å². The number of hydrogen-bond donors (Lipinski definition) is 1. The summed E-state index contributed by atoms with van der Waals surface area (Å²) < 4.78 is 37.7. The zero-order valence-corrected chi connectivity index (χ0v) is 10.8. The number of benzene rings is 1. The first-order valence-corrected chi connectivity index (χ1v) is 6.33. The lowest BCUT2D eigenvalue weighted by Crippen LogP contribution is -2.17. The SMILES string of the molecule is CCCNCCC(C)c1cccc(C(F)(F)F)c1. The molecule has 1 N–H and O–H groups in total. The van der Waals surface area contributed by atoms with Gasteiger partial charge in [-0.3, -0.25) is 0 Å². The molecule has 0 amide bonds. The lowest BCUT2D eigenvalue weighted by atomic mass is 9.96. The van der Waals surface area contributed by atoms with Gasteiger partial charge in [0.1, 0.15) is 0 Å². The van der Waals surface area contributed by atoms with Crippen molar-refractivity contribution in [3.63, 3.8) is 0 Å². The van der Waals surface area contributed by atoms with Crippen LogP contribution < -0.4 is 5.32 Å². The lowest BCUT2D eigenvalue weighted by molar-refractivity contribution is -0.137. The molecule has 1 rings (SSSR count). The molecule has 102 valence electrons. The molecule has 1 aromatic rings. The summed E-state index contributed by atoms with van der Waals surface area (Å²) in [5.41, 5.74) is 0.191. The number of nitrogens with one attached hydrogen (secondary N) is 1. The average Bonchev–Trinajstić information content (AvgIpc) is 2.33. The van der Waals surface area contributed by atoms with Crippen molar-refractivity contribution in [1.29, 1.82) is 0 Å². The maximum Gasteiger partial charge on any atom is 0.416 e. The molecular weight excluding hydrogens is 239 g/mol. The normalized spacial score (nSPS) is 13.6. The smallest absolute Gasteiger partial charge is 0.317 e. The topological polar surface area (TPSA) is 12.0 Å². The van der Waals surface area contributed by atoms with Crippen LogP contribution in [0.3, 0.4) is 0 Å². The maximum absolute atomic E-state index is 12.6. The first-order chi connectivity index (χ1) is 8.45. The van der Waals surface area contributed by atoms with Gasteiger partial charge in [-0.25, -0.2) is 0 Å². The summed E-state index contributed by atoms with van der Waals surface area (Å²) in [6.07, 6.45) is -2.34. The van der Waals surface area contributed by atoms with Gasteiger partial charge in [-0.15, -0.1) is 0 Å². The van der Waals surface area contributed by atoms with Gasteiger partial charge in [0.05, 0.1) is 5.56 Å². The first-order valence-electron chi connectivity index (χ1n) is 6.33. The molecule has 0 heterocycles. The van der Waals surface area contributed by atoms with E-state index >= 15 is 0 Å². The van der Waals surface area contributed by atoms with Gasteiger partial charge in [0.15, 0.2) is 0 Å². The summed E-state index contributed by atoms with van der Waals surface area (Å²) >= 11 is 0. The van der Waals surface area contributed by atoms with E-state index in [0.717, 1.165) is 37.6 Å². The van der Waals surface area contributed by atoms with E-state index in [1.54, 1.807) is 6.07 Å². The Morgan fingerprint density at radius 1 is 1.22 bits per heavy atom. The molecule has 0 bridgehead atoms. The van der Waals surface area contributed by atoms with Crippen molar-refractivity contribution < 1.29 is 13.2 Å². The van der Waals surface area contributed by atoms with Crippen LogP contribution in [0, 0.1) is 0 Å². The second kappa shape index (κ2) is 6.78. The average molecular weight is 259 g/mol. The second-order valence-electron chi connectivity index (χ2n) is 4.56. The summed E-state index contributed by atoms with van der Waals surface area (Å²) in [5.74, 6) is 0.136. The van der Waals surface area contributed by atoms with Gasteiger partial charge in [-0.2, -0.15) is 13.2 Å².